The fourth-order valence-electron chi connectivity index (χ4n) is 2.33. The summed E-state index contributed by atoms with van der Waals surface area (Å²) in [6, 6.07) is 3.39. The normalized spacial score (nSPS) is 21.1. The number of nitrogens with zero attached hydrogens (tertiary/aromatic N) is 1. The number of ether oxygens (including phenoxy) is 1. The average molecular weight is 298 g/mol. The van der Waals surface area contributed by atoms with Crippen LogP contribution >= 0.6 is 0 Å². The molecule has 1 aromatic rings. The van der Waals surface area contributed by atoms with Crippen LogP contribution in [0.4, 0.5) is 5.69 Å². The molecule has 1 aliphatic heterocycles. The summed E-state index contributed by atoms with van der Waals surface area (Å²) in [5.74, 6) is 0. The number of anilines is 1. The standard InChI is InChI=1S/C14H22N2O3S/c1-4-12-9-16(5-6-19-12)20(17,18)14-8-11(3)10(2)7-13(14)15/h7-8,12H,4-6,9,15H2,1-3H3. The van der Waals surface area contributed by atoms with E-state index in [-0.39, 0.29) is 11.0 Å². The molecule has 1 aromatic carbocycles. The Hall–Kier alpha value is -1.11. The zero-order valence-electron chi connectivity index (χ0n) is 12.2. The van der Waals surface area contributed by atoms with Gasteiger partial charge in [-0.15, -0.1) is 0 Å². The molecule has 0 amide bonds. The number of nitrogens with two attached hydrogens (primary N) is 1. The molecule has 0 saturated carbocycles. The number of nitrogen functional groups attached to an aromatic ring is 1. The van der Waals surface area contributed by atoms with Crippen molar-refractivity contribution in [3.8, 4) is 0 Å². The summed E-state index contributed by atoms with van der Waals surface area (Å²) in [4.78, 5) is 0.206. The molecule has 1 atom stereocenters. The lowest BCUT2D eigenvalue weighted by molar-refractivity contribution is -0.00276. The van der Waals surface area contributed by atoms with E-state index in [2.05, 4.69) is 0 Å². The maximum Gasteiger partial charge on any atom is 0.245 e. The van der Waals surface area contributed by atoms with Crippen molar-refractivity contribution in [2.45, 2.75) is 38.2 Å². The van der Waals surface area contributed by atoms with Crippen LogP contribution < -0.4 is 5.73 Å². The fourth-order valence-corrected chi connectivity index (χ4v) is 3.97. The summed E-state index contributed by atoms with van der Waals surface area (Å²) >= 11 is 0. The summed E-state index contributed by atoms with van der Waals surface area (Å²) < 4.78 is 32.4. The third-order valence-electron chi connectivity index (χ3n) is 3.80. The van der Waals surface area contributed by atoms with E-state index in [0.717, 1.165) is 17.5 Å². The third kappa shape index (κ3) is 2.82. The minimum atomic E-state index is -3.55. The second-order valence-corrected chi connectivity index (χ2v) is 7.14. The minimum absolute atomic E-state index is 0.0358. The summed E-state index contributed by atoms with van der Waals surface area (Å²) in [7, 11) is -3.55. The van der Waals surface area contributed by atoms with Crippen molar-refractivity contribution in [2.24, 2.45) is 0 Å². The van der Waals surface area contributed by atoms with E-state index in [1.807, 2.05) is 20.8 Å². The van der Waals surface area contributed by atoms with E-state index in [0.29, 0.717) is 25.4 Å². The highest BCUT2D eigenvalue weighted by atomic mass is 32.2. The lowest BCUT2D eigenvalue weighted by Gasteiger charge is -2.32. The number of benzene rings is 1. The molecule has 1 fully saturated rings. The largest absolute Gasteiger partial charge is 0.398 e. The maximum atomic E-state index is 12.7. The maximum absolute atomic E-state index is 12.7. The highest BCUT2D eigenvalue weighted by molar-refractivity contribution is 7.89. The first-order valence-corrected chi connectivity index (χ1v) is 8.28. The predicted molar refractivity (Wildman–Crippen MR) is 79.1 cm³/mol. The van der Waals surface area contributed by atoms with Crippen LogP contribution in [0.3, 0.4) is 0 Å². The van der Waals surface area contributed by atoms with Gasteiger partial charge in [0.15, 0.2) is 0 Å². The molecule has 0 aromatic heterocycles. The van der Waals surface area contributed by atoms with E-state index in [1.54, 1.807) is 12.1 Å². The van der Waals surface area contributed by atoms with Crippen LogP contribution in [0, 0.1) is 13.8 Å². The van der Waals surface area contributed by atoms with Crippen molar-refractivity contribution in [1.82, 2.24) is 4.31 Å². The number of morpholine rings is 1. The Morgan fingerprint density at radius 1 is 1.35 bits per heavy atom. The molecule has 2 N–H and O–H groups in total. The predicted octanol–water partition coefficient (Wildman–Crippen LogP) is 1.69. The molecule has 1 aliphatic rings. The lowest BCUT2D eigenvalue weighted by atomic mass is 10.1. The van der Waals surface area contributed by atoms with Gasteiger partial charge in [-0.3, -0.25) is 0 Å². The molecule has 0 bridgehead atoms. The van der Waals surface area contributed by atoms with Crippen LogP contribution in [0.15, 0.2) is 17.0 Å². The minimum Gasteiger partial charge on any atom is -0.398 e. The number of hydrogen-bond donors (Lipinski definition) is 1. The van der Waals surface area contributed by atoms with E-state index < -0.39 is 10.0 Å². The molecular weight excluding hydrogens is 276 g/mol. The SMILES string of the molecule is CCC1CN(S(=O)(=O)c2cc(C)c(C)cc2N)CCO1. The molecular formula is C14H22N2O3S. The monoisotopic (exact) mass is 298 g/mol. The van der Waals surface area contributed by atoms with Crippen molar-refractivity contribution in [3.05, 3.63) is 23.3 Å². The van der Waals surface area contributed by atoms with Gasteiger partial charge in [-0.25, -0.2) is 8.42 Å². The first kappa shape index (κ1) is 15.3. The highest BCUT2D eigenvalue weighted by Crippen LogP contribution is 2.27. The van der Waals surface area contributed by atoms with Gasteiger partial charge in [0.2, 0.25) is 10.0 Å². The molecule has 5 nitrogen and oxygen atoms in total. The molecule has 1 heterocycles. The van der Waals surface area contributed by atoms with Crippen molar-refractivity contribution >= 4 is 15.7 Å². The first-order valence-electron chi connectivity index (χ1n) is 6.84. The van der Waals surface area contributed by atoms with Crippen molar-refractivity contribution in [3.63, 3.8) is 0 Å². The van der Waals surface area contributed by atoms with Gasteiger partial charge < -0.3 is 10.5 Å². The van der Waals surface area contributed by atoms with E-state index in [1.165, 1.54) is 4.31 Å². The van der Waals surface area contributed by atoms with Gasteiger partial charge in [-0.05, 0) is 43.5 Å². The van der Waals surface area contributed by atoms with Crippen LogP contribution in [0.25, 0.3) is 0 Å². The van der Waals surface area contributed by atoms with Crippen LogP contribution in [-0.2, 0) is 14.8 Å². The van der Waals surface area contributed by atoms with Crippen LogP contribution in [0.5, 0.6) is 0 Å². The van der Waals surface area contributed by atoms with Gasteiger partial charge in [0, 0.05) is 13.1 Å². The smallest absolute Gasteiger partial charge is 0.245 e. The van der Waals surface area contributed by atoms with Crippen LogP contribution in [-0.4, -0.2) is 38.5 Å². The Morgan fingerprint density at radius 3 is 2.65 bits per heavy atom. The highest BCUT2D eigenvalue weighted by Gasteiger charge is 2.31. The molecule has 0 radical (unpaired) electrons. The third-order valence-corrected chi connectivity index (χ3v) is 5.72. The Labute approximate surface area is 120 Å². The van der Waals surface area contributed by atoms with Gasteiger partial charge in [0.25, 0.3) is 0 Å². The second-order valence-electron chi connectivity index (χ2n) is 5.24. The first-order chi connectivity index (χ1) is 9.36. The van der Waals surface area contributed by atoms with E-state index in [9.17, 15) is 8.42 Å². The summed E-state index contributed by atoms with van der Waals surface area (Å²) in [5.41, 5.74) is 8.15. The average Bonchev–Trinajstić information content (AvgIpc) is 2.42. The number of sulfonamides is 1. The Bertz CT molecular complexity index is 599. The van der Waals surface area contributed by atoms with Crippen molar-refractivity contribution in [1.29, 1.82) is 0 Å². The molecule has 0 aliphatic carbocycles. The van der Waals surface area contributed by atoms with E-state index >= 15 is 0 Å². The molecule has 2 rings (SSSR count). The second kappa shape index (κ2) is 5.71. The topological polar surface area (TPSA) is 72.6 Å². The summed E-state index contributed by atoms with van der Waals surface area (Å²) in [6.07, 6.45) is 0.764. The summed E-state index contributed by atoms with van der Waals surface area (Å²) in [5, 5.41) is 0. The van der Waals surface area contributed by atoms with Crippen LogP contribution in [0.2, 0.25) is 0 Å². The van der Waals surface area contributed by atoms with Crippen molar-refractivity contribution in [2.75, 3.05) is 25.4 Å². The molecule has 0 spiro atoms. The number of hydrogen-bond acceptors (Lipinski definition) is 4. The Morgan fingerprint density at radius 2 is 2.00 bits per heavy atom. The fraction of sp³-hybridized carbons (Fsp3) is 0.571. The Balaban J connectivity index is 2.37. The molecule has 20 heavy (non-hydrogen) atoms. The number of rotatable bonds is 3. The van der Waals surface area contributed by atoms with Gasteiger partial charge in [-0.1, -0.05) is 6.92 Å². The molecule has 112 valence electrons. The van der Waals surface area contributed by atoms with Gasteiger partial charge in [0.05, 0.1) is 18.4 Å². The Kier molecular flexibility index (Phi) is 4.36. The number of aryl methyl sites for hydroxylation is 2. The van der Waals surface area contributed by atoms with Gasteiger partial charge in [-0.2, -0.15) is 4.31 Å². The molecule has 6 heteroatoms. The van der Waals surface area contributed by atoms with Gasteiger partial charge >= 0.3 is 0 Å². The van der Waals surface area contributed by atoms with Crippen LogP contribution in [0.1, 0.15) is 24.5 Å². The molecule has 1 unspecified atom stereocenters. The van der Waals surface area contributed by atoms with Crippen molar-refractivity contribution < 1.29 is 13.2 Å². The van der Waals surface area contributed by atoms with Gasteiger partial charge in [0.1, 0.15) is 4.90 Å². The summed E-state index contributed by atoms with van der Waals surface area (Å²) in [6.45, 7) is 7.01. The lowest BCUT2D eigenvalue weighted by Crippen LogP contribution is -2.45. The molecule has 1 saturated heterocycles. The zero-order valence-corrected chi connectivity index (χ0v) is 13.0. The van der Waals surface area contributed by atoms with E-state index in [4.69, 9.17) is 10.5 Å². The quantitative estimate of drug-likeness (QED) is 0.862. The zero-order chi connectivity index (χ0) is 14.9.